The molecule has 0 spiro atoms. The second kappa shape index (κ2) is 8.95. The summed E-state index contributed by atoms with van der Waals surface area (Å²) in [5, 5.41) is 3.56. The van der Waals surface area contributed by atoms with E-state index in [-0.39, 0.29) is 11.0 Å². The lowest BCUT2D eigenvalue weighted by Crippen LogP contribution is -2.44. The van der Waals surface area contributed by atoms with Crippen LogP contribution in [0.2, 0.25) is 0 Å². The molecule has 0 bridgehead atoms. The number of benzene rings is 2. The van der Waals surface area contributed by atoms with Crippen molar-refractivity contribution in [3.8, 4) is 17.2 Å². The van der Waals surface area contributed by atoms with Gasteiger partial charge in [0, 0.05) is 30.3 Å². The molecule has 0 amide bonds. The lowest BCUT2D eigenvalue weighted by molar-refractivity contribution is -0.0835. The van der Waals surface area contributed by atoms with Gasteiger partial charge in [0.15, 0.2) is 11.5 Å². The summed E-state index contributed by atoms with van der Waals surface area (Å²) < 4.78 is 22.1. The van der Waals surface area contributed by atoms with Crippen LogP contribution in [-0.4, -0.2) is 40.1 Å². The first-order chi connectivity index (χ1) is 13.9. The topological polar surface area (TPSA) is 49.0 Å². The Morgan fingerprint density at radius 1 is 0.931 bits per heavy atom. The van der Waals surface area contributed by atoms with Crippen LogP contribution in [0.1, 0.15) is 38.7 Å². The highest BCUT2D eigenvalue weighted by Crippen LogP contribution is 2.44. The van der Waals surface area contributed by atoms with Gasteiger partial charge in [-0.05, 0) is 62.9 Å². The van der Waals surface area contributed by atoms with E-state index >= 15 is 0 Å². The SMILES string of the molecule is COc1ccc([C@@]2(CCNc3ccc(OC)c(OC)c3)CCOC(C)(C)C2)cc1. The third kappa shape index (κ3) is 4.96. The van der Waals surface area contributed by atoms with Crippen molar-refractivity contribution < 1.29 is 18.9 Å². The zero-order chi connectivity index (χ0) is 20.9. The molecule has 0 saturated carbocycles. The molecule has 0 unspecified atom stereocenters. The number of nitrogens with one attached hydrogen (secondary N) is 1. The number of anilines is 1. The molecule has 3 rings (SSSR count). The Balaban J connectivity index is 1.77. The van der Waals surface area contributed by atoms with Crippen LogP contribution in [0.4, 0.5) is 5.69 Å². The number of hydrogen-bond acceptors (Lipinski definition) is 5. The van der Waals surface area contributed by atoms with Gasteiger partial charge in [0.25, 0.3) is 0 Å². The zero-order valence-corrected chi connectivity index (χ0v) is 18.2. The predicted molar refractivity (Wildman–Crippen MR) is 117 cm³/mol. The first-order valence-electron chi connectivity index (χ1n) is 10.2. The normalized spacial score (nSPS) is 20.7. The summed E-state index contributed by atoms with van der Waals surface area (Å²) in [6, 6.07) is 14.5. The molecule has 1 atom stereocenters. The quantitative estimate of drug-likeness (QED) is 0.674. The Bertz CT molecular complexity index is 803. The minimum atomic E-state index is -0.137. The molecule has 1 aliphatic heterocycles. The summed E-state index contributed by atoms with van der Waals surface area (Å²) in [7, 11) is 5.01. The number of ether oxygens (including phenoxy) is 4. The minimum absolute atomic E-state index is 0.0670. The van der Waals surface area contributed by atoms with E-state index in [1.54, 1.807) is 21.3 Å². The average molecular weight is 400 g/mol. The van der Waals surface area contributed by atoms with Gasteiger partial charge in [-0.15, -0.1) is 0 Å². The Morgan fingerprint density at radius 3 is 2.28 bits per heavy atom. The first-order valence-corrected chi connectivity index (χ1v) is 10.2. The van der Waals surface area contributed by atoms with Crippen molar-refractivity contribution in [2.75, 3.05) is 39.8 Å². The van der Waals surface area contributed by atoms with E-state index in [4.69, 9.17) is 18.9 Å². The van der Waals surface area contributed by atoms with Crippen LogP contribution in [0.3, 0.4) is 0 Å². The molecule has 0 aromatic heterocycles. The molecule has 1 heterocycles. The van der Waals surface area contributed by atoms with Crippen LogP contribution in [0.25, 0.3) is 0 Å². The van der Waals surface area contributed by atoms with E-state index in [9.17, 15) is 0 Å². The Kier molecular flexibility index (Phi) is 6.58. The molecule has 29 heavy (non-hydrogen) atoms. The van der Waals surface area contributed by atoms with Crippen molar-refractivity contribution in [3.05, 3.63) is 48.0 Å². The molecule has 1 aliphatic rings. The standard InChI is InChI=1S/C24H33NO4/c1-23(2)17-24(13-15-29-23,18-6-9-20(26-3)10-7-18)12-14-25-19-8-11-21(27-4)22(16-19)28-5/h6-11,16,25H,12-15,17H2,1-5H3/t24-/m0/s1. The fourth-order valence-electron chi connectivity index (χ4n) is 4.42. The summed E-state index contributed by atoms with van der Waals surface area (Å²) in [5.74, 6) is 2.35. The summed E-state index contributed by atoms with van der Waals surface area (Å²) in [6.45, 7) is 6.01. The molecular weight excluding hydrogens is 366 g/mol. The van der Waals surface area contributed by atoms with Crippen molar-refractivity contribution in [2.45, 2.75) is 44.1 Å². The van der Waals surface area contributed by atoms with Crippen molar-refractivity contribution >= 4 is 5.69 Å². The van der Waals surface area contributed by atoms with Gasteiger partial charge in [-0.2, -0.15) is 0 Å². The predicted octanol–water partition coefficient (Wildman–Crippen LogP) is 5.04. The zero-order valence-electron chi connectivity index (χ0n) is 18.2. The highest BCUT2D eigenvalue weighted by molar-refractivity contribution is 5.54. The lowest BCUT2D eigenvalue weighted by Gasteiger charge is -2.45. The van der Waals surface area contributed by atoms with Crippen LogP contribution in [0.5, 0.6) is 17.2 Å². The van der Waals surface area contributed by atoms with Crippen LogP contribution in [0, 0.1) is 0 Å². The van der Waals surface area contributed by atoms with E-state index < -0.39 is 0 Å². The van der Waals surface area contributed by atoms with E-state index in [1.807, 2.05) is 18.2 Å². The molecule has 0 aliphatic carbocycles. The first kappa shape index (κ1) is 21.3. The minimum Gasteiger partial charge on any atom is -0.497 e. The molecule has 0 radical (unpaired) electrons. The Labute approximate surface area is 174 Å². The molecular formula is C24H33NO4. The van der Waals surface area contributed by atoms with Gasteiger partial charge >= 0.3 is 0 Å². The van der Waals surface area contributed by atoms with Gasteiger partial charge in [0.2, 0.25) is 0 Å². The summed E-state index contributed by atoms with van der Waals surface area (Å²) >= 11 is 0. The summed E-state index contributed by atoms with van der Waals surface area (Å²) in [5.41, 5.74) is 2.31. The molecule has 158 valence electrons. The fraction of sp³-hybridized carbons (Fsp3) is 0.500. The highest BCUT2D eigenvalue weighted by atomic mass is 16.5. The van der Waals surface area contributed by atoms with Gasteiger partial charge in [-0.25, -0.2) is 0 Å². The maximum atomic E-state index is 6.03. The van der Waals surface area contributed by atoms with Gasteiger partial charge in [-0.3, -0.25) is 0 Å². The van der Waals surface area contributed by atoms with E-state index in [1.165, 1.54) is 5.56 Å². The molecule has 2 aromatic rings. The van der Waals surface area contributed by atoms with E-state index in [0.717, 1.165) is 55.4 Å². The average Bonchev–Trinajstić information content (AvgIpc) is 2.73. The second-order valence-corrected chi connectivity index (χ2v) is 8.29. The van der Waals surface area contributed by atoms with Gasteiger partial charge in [-0.1, -0.05) is 12.1 Å². The number of rotatable bonds is 8. The van der Waals surface area contributed by atoms with Crippen molar-refractivity contribution in [2.24, 2.45) is 0 Å². The van der Waals surface area contributed by atoms with Crippen molar-refractivity contribution in [3.63, 3.8) is 0 Å². The highest BCUT2D eigenvalue weighted by Gasteiger charge is 2.41. The summed E-state index contributed by atoms with van der Waals surface area (Å²) in [6.07, 6.45) is 3.01. The lowest BCUT2D eigenvalue weighted by atomic mass is 9.67. The monoisotopic (exact) mass is 399 g/mol. The van der Waals surface area contributed by atoms with Crippen LogP contribution in [-0.2, 0) is 10.2 Å². The van der Waals surface area contributed by atoms with Gasteiger partial charge in [0.1, 0.15) is 5.75 Å². The van der Waals surface area contributed by atoms with E-state index in [0.29, 0.717) is 0 Å². The largest absolute Gasteiger partial charge is 0.497 e. The number of hydrogen-bond donors (Lipinski definition) is 1. The molecule has 1 saturated heterocycles. The Morgan fingerprint density at radius 2 is 1.66 bits per heavy atom. The van der Waals surface area contributed by atoms with Crippen molar-refractivity contribution in [1.82, 2.24) is 0 Å². The third-order valence-corrected chi connectivity index (χ3v) is 5.86. The third-order valence-electron chi connectivity index (χ3n) is 5.86. The van der Waals surface area contributed by atoms with Crippen LogP contribution in [0.15, 0.2) is 42.5 Å². The second-order valence-electron chi connectivity index (χ2n) is 8.29. The maximum absolute atomic E-state index is 6.03. The molecule has 5 nitrogen and oxygen atoms in total. The smallest absolute Gasteiger partial charge is 0.162 e. The molecule has 2 aromatic carbocycles. The Hall–Kier alpha value is -2.40. The van der Waals surface area contributed by atoms with E-state index in [2.05, 4.69) is 43.4 Å². The molecule has 1 N–H and O–H groups in total. The van der Waals surface area contributed by atoms with Gasteiger partial charge in [0.05, 0.1) is 26.9 Å². The van der Waals surface area contributed by atoms with Crippen molar-refractivity contribution in [1.29, 1.82) is 0 Å². The van der Waals surface area contributed by atoms with Crippen LogP contribution >= 0.6 is 0 Å². The fourth-order valence-corrected chi connectivity index (χ4v) is 4.42. The number of methoxy groups -OCH3 is 3. The maximum Gasteiger partial charge on any atom is 0.162 e. The van der Waals surface area contributed by atoms with Gasteiger partial charge < -0.3 is 24.3 Å². The van der Waals surface area contributed by atoms with Crippen LogP contribution < -0.4 is 19.5 Å². The molecule has 5 heteroatoms. The molecule has 1 fully saturated rings. The summed E-state index contributed by atoms with van der Waals surface area (Å²) in [4.78, 5) is 0.